The van der Waals surface area contributed by atoms with E-state index in [4.69, 9.17) is 9.47 Å². The molecule has 334 valence electrons. The van der Waals surface area contributed by atoms with Crippen molar-refractivity contribution in [2.75, 3.05) is 13.2 Å². The lowest BCUT2D eigenvalue weighted by Crippen LogP contribution is -2.60. The number of allylic oxidation sites excluding steroid dienone is 5. The molecule has 1 heterocycles. The van der Waals surface area contributed by atoms with Crippen LogP contribution in [0.15, 0.2) is 36.5 Å². The third-order valence-corrected chi connectivity index (χ3v) is 11.2. The molecule has 1 aliphatic heterocycles. The van der Waals surface area contributed by atoms with Gasteiger partial charge < -0.3 is 40.3 Å². The van der Waals surface area contributed by atoms with Crippen LogP contribution in [0.5, 0.6) is 0 Å². The second kappa shape index (κ2) is 38.6. The average molecular weight is 808 g/mol. The normalized spacial score (nSPS) is 21.3. The lowest BCUT2D eigenvalue weighted by Gasteiger charge is -2.40. The van der Waals surface area contributed by atoms with E-state index in [-0.39, 0.29) is 12.5 Å². The van der Waals surface area contributed by atoms with E-state index in [0.717, 1.165) is 57.8 Å². The number of carbonyl (C=O) groups excluding carboxylic acids is 1. The van der Waals surface area contributed by atoms with Crippen LogP contribution in [0, 0.1) is 0 Å². The van der Waals surface area contributed by atoms with Gasteiger partial charge in [-0.2, -0.15) is 0 Å². The minimum atomic E-state index is -1.57. The fraction of sp³-hybridized carbons (Fsp3) is 0.854. The number of hydrogen-bond donors (Lipinski definition) is 6. The fourth-order valence-electron chi connectivity index (χ4n) is 7.36. The van der Waals surface area contributed by atoms with Crippen LogP contribution < -0.4 is 5.32 Å². The summed E-state index contributed by atoms with van der Waals surface area (Å²) in [5.41, 5.74) is 0. The number of hydrogen-bond acceptors (Lipinski definition) is 8. The van der Waals surface area contributed by atoms with Crippen LogP contribution in [-0.4, -0.2) is 87.5 Å². The molecule has 1 amide bonds. The van der Waals surface area contributed by atoms with Crippen LogP contribution in [0.1, 0.15) is 206 Å². The van der Waals surface area contributed by atoms with E-state index in [9.17, 15) is 30.3 Å². The summed E-state index contributed by atoms with van der Waals surface area (Å²) >= 11 is 0. The predicted molar refractivity (Wildman–Crippen MR) is 235 cm³/mol. The lowest BCUT2D eigenvalue weighted by molar-refractivity contribution is -0.302. The molecule has 1 saturated heterocycles. The molecule has 0 aromatic carbocycles. The maximum atomic E-state index is 13.0. The molecule has 0 aromatic heterocycles. The lowest BCUT2D eigenvalue weighted by atomic mass is 9.99. The average Bonchev–Trinajstić information content (AvgIpc) is 3.21. The molecule has 1 fully saturated rings. The summed E-state index contributed by atoms with van der Waals surface area (Å²) in [4.78, 5) is 13.0. The summed E-state index contributed by atoms with van der Waals surface area (Å²) in [6, 6.07) is -0.807. The number of amides is 1. The Morgan fingerprint density at radius 3 is 1.54 bits per heavy atom. The predicted octanol–water partition coefficient (Wildman–Crippen LogP) is 10.1. The first-order valence-electron chi connectivity index (χ1n) is 23.7. The molecule has 1 aliphatic rings. The largest absolute Gasteiger partial charge is 0.394 e. The summed E-state index contributed by atoms with van der Waals surface area (Å²) in [6.45, 7) is 3.75. The fourth-order valence-corrected chi connectivity index (χ4v) is 7.36. The molecular weight excluding hydrogens is 719 g/mol. The molecule has 0 aromatic rings. The number of rotatable bonds is 39. The number of nitrogens with one attached hydrogen (secondary N) is 1. The summed E-state index contributed by atoms with van der Waals surface area (Å²) < 4.78 is 11.2. The first-order chi connectivity index (χ1) is 27.8. The monoisotopic (exact) mass is 808 g/mol. The molecule has 0 aliphatic carbocycles. The summed E-state index contributed by atoms with van der Waals surface area (Å²) in [6.07, 6.45) is 40.3. The van der Waals surface area contributed by atoms with Gasteiger partial charge >= 0.3 is 0 Å². The third kappa shape index (κ3) is 29.3. The topological polar surface area (TPSA) is 149 Å². The Labute approximate surface area is 349 Å². The van der Waals surface area contributed by atoms with Crippen molar-refractivity contribution in [3.05, 3.63) is 36.5 Å². The zero-order chi connectivity index (χ0) is 41.6. The van der Waals surface area contributed by atoms with Gasteiger partial charge in [-0.25, -0.2) is 0 Å². The van der Waals surface area contributed by atoms with Crippen molar-refractivity contribution < 1.29 is 39.8 Å². The van der Waals surface area contributed by atoms with E-state index < -0.39 is 49.5 Å². The van der Waals surface area contributed by atoms with E-state index in [0.29, 0.717) is 6.42 Å². The Morgan fingerprint density at radius 1 is 0.596 bits per heavy atom. The summed E-state index contributed by atoms with van der Waals surface area (Å²) in [7, 11) is 0. The highest BCUT2D eigenvalue weighted by Gasteiger charge is 2.44. The van der Waals surface area contributed by atoms with Gasteiger partial charge in [0.15, 0.2) is 6.29 Å². The molecule has 7 atom stereocenters. The van der Waals surface area contributed by atoms with Crippen molar-refractivity contribution in [1.29, 1.82) is 0 Å². The first kappa shape index (κ1) is 53.4. The molecule has 1 rings (SSSR count). The van der Waals surface area contributed by atoms with Gasteiger partial charge in [0.05, 0.1) is 25.4 Å². The van der Waals surface area contributed by atoms with Crippen LogP contribution >= 0.6 is 0 Å². The smallest absolute Gasteiger partial charge is 0.220 e. The zero-order valence-electron chi connectivity index (χ0n) is 36.6. The molecular formula is C48H89NO8. The van der Waals surface area contributed by atoms with Gasteiger partial charge in [0.2, 0.25) is 5.91 Å². The van der Waals surface area contributed by atoms with Crippen molar-refractivity contribution in [3.63, 3.8) is 0 Å². The molecule has 0 spiro atoms. The first-order valence-corrected chi connectivity index (χ1v) is 23.7. The van der Waals surface area contributed by atoms with Crippen molar-refractivity contribution in [3.8, 4) is 0 Å². The summed E-state index contributed by atoms with van der Waals surface area (Å²) in [5.74, 6) is -0.185. The number of ether oxygens (including phenoxy) is 2. The van der Waals surface area contributed by atoms with E-state index in [1.165, 1.54) is 128 Å². The summed E-state index contributed by atoms with van der Waals surface area (Å²) in [5, 5.41) is 54.2. The Bertz CT molecular complexity index is 987. The Kier molecular flexibility index (Phi) is 36.2. The highest BCUT2D eigenvalue weighted by Crippen LogP contribution is 2.22. The third-order valence-electron chi connectivity index (χ3n) is 11.2. The Hall–Kier alpha value is -1.59. The van der Waals surface area contributed by atoms with Gasteiger partial charge in [0, 0.05) is 6.42 Å². The molecule has 0 saturated carbocycles. The molecule has 0 bridgehead atoms. The van der Waals surface area contributed by atoms with Crippen LogP contribution in [0.25, 0.3) is 0 Å². The van der Waals surface area contributed by atoms with Crippen molar-refractivity contribution in [2.45, 2.75) is 249 Å². The highest BCUT2D eigenvalue weighted by molar-refractivity contribution is 5.76. The zero-order valence-corrected chi connectivity index (χ0v) is 36.6. The maximum absolute atomic E-state index is 13.0. The SMILES string of the molecule is CCCCC/C=C\C/C=C\CCCCCCCCCC(=O)NC(COC1OC(CO)C(O)C(O)C1O)C(O)/C=C/CCCCCCCCCCCCCCCCC. The number of aliphatic hydroxyl groups excluding tert-OH is 5. The number of carbonyl (C=O) groups is 1. The standard InChI is InChI=1S/C48H89NO8/c1-3-5-7-9-11-13-15-17-19-21-23-25-27-29-31-33-35-37-42(51)41(40-56-48-47(55)46(54)45(53)43(39-50)57-48)49-44(52)38-36-34-32-30-28-26-24-22-20-18-16-14-12-10-8-6-4-2/h12,14,18,20,35,37,41-43,45-48,50-51,53-55H,3-11,13,15-17,19,21-34,36,38-40H2,1-2H3,(H,49,52)/b14-12-,20-18-,37-35+. The minimum absolute atomic E-state index is 0.185. The molecule has 9 heteroatoms. The Morgan fingerprint density at radius 2 is 1.04 bits per heavy atom. The molecule has 7 unspecified atom stereocenters. The van der Waals surface area contributed by atoms with E-state index in [2.05, 4.69) is 43.5 Å². The van der Waals surface area contributed by atoms with Crippen LogP contribution in [0.2, 0.25) is 0 Å². The quantitative estimate of drug-likeness (QED) is 0.0266. The van der Waals surface area contributed by atoms with Gasteiger partial charge in [-0.1, -0.05) is 185 Å². The van der Waals surface area contributed by atoms with Gasteiger partial charge in [0.1, 0.15) is 24.4 Å². The maximum Gasteiger partial charge on any atom is 0.220 e. The molecule has 57 heavy (non-hydrogen) atoms. The number of aliphatic hydroxyl groups is 5. The van der Waals surface area contributed by atoms with Gasteiger partial charge in [-0.15, -0.1) is 0 Å². The van der Waals surface area contributed by atoms with Gasteiger partial charge in [-0.05, 0) is 51.4 Å². The number of unbranched alkanes of at least 4 members (excludes halogenated alkanes) is 25. The van der Waals surface area contributed by atoms with Gasteiger partial charge in [0.25, 0.3) is 0 Å². The van der Waals surface area contributed by atoms with E-state index >= 15 is 0 Å². The highest BCUT2D eigenvalue weighted by atomic mass is 16.7. The Balaban J connectivity index is 2.36. The molecule has 0 radical (unpaired) electrons. The molecule has 9 nitrogen and oxygen atoms in total. The van der Waals surface area contributed by atoms with Gasteiger partial charge in [-0.3, -0.25) is 4.79 Å². The van der Waals surface area contributed by atoms with E-state index in [1.807, 2.05) is 6.08 Å². The second-order valence-electron chi connectivity index (χ2n) is 16.5. The van der Waals surface area contributed by atoms with Crippen LogP contribution in [0.3, 0.4) is 0 Å². The van der Waals surface area contributed by atoms with Crippen molar-refractivity contribution >= 4 is 5.91 Å². The van der Waals surface area contributed by atoms with E-state index in [1.54, 1.807) is 6.08 Å². The van der Waals surface area contributed by atoms with Crippen molar-refractivity contribution in [2.24, 2.45) is 0 Å². The second-order valence-corrected chi connectivity index (χ2v) is 16.5. The minimum Gasteiger partial charge on any atom is -0.394 e. The van der Waals surface area contributed by atoms with Crippen LogP contribution in [0.4, 0.5) is 0 Å². The van der Waals surface area contributed by atoms with Crippen LogP contribution in [-0.2, 0) is 14.3 Å². The van der Waals surface area contributed by atoms with Crippen molar-refractivity contribution in [1.82, 2.24) is 5.32 Å². The molecule has 6 N–H and O–H groups in total.